The first kappa shape index (κ1) is 114. The Kier molecular flexibility index (Phi) is 52.6. The molecule has 716 valence electrons. The van der Waals surface area contributed by atoms with Gasteiger partial charge in [-0.1, -0.05) is 71.2 Å². The molecule has 9 rings (SSSR count). The van der Waals surface area contributed by atoms with Crippen molar-refractivity contribution in [3.8, 4) is 0 Å². The molecule has 3 heterocycles. The van der Waals surface area contributed by atoms with Crippen molar-refractivity contribution < 1.29 is 108 Å². The lowest BCUT2D eigenvalue weighted by Gasteiger charge is -2.28. The van der Waals surface area contributed by atoms with Crippen LogP contribution in [0.3, 0.4) is 0 Å². The molecule has 0 unspecified atom stereocenters. The maximum absolute atomic E-state index is 13.8. The van der Waals surface area contributed by atoms with Crippen LogP contribution in [0.5, 0.6) is 0 Å². The van der Waals surface area contributed by atoms with Gasteiger partial charge in [0.2, 0.25) is 6.08 Å². The third-order valence-corrected chi connectivity index (χ3v) is 19.6. The lowest BCUT2D eigenvalue weighted by molar-refractivity contribution is -0.142. The van der Waals surface area contributed by atoms with Crippen molar-refractivity contribution in [2.75, 3.05) is 116 Å². The number of nitrogens with two attached hydrogens (primary N) is 1. The molecule has 3 aromatic heterocycles. The Labute approximate surface area is 791 Å². The molecule has 0 saturated carbocycles. The summed E-state index contributed by atoms with van der Waals surface area (Å²) in [5.74, 6) is -3.64. The Balaban J connectivity index is 0.000000483. The summed E-state index contributed by atoms with van der Waals surface area (Å²) >= 11 is 17.9. The van der Waals surface area contributed by atoms with E-state index in [1.807, 2.05) is 0 Å². The molecule has 0 radical (unpaired) electrons. The van der Waals surface area contributed by atoms with Crippen LogP contribution < -0.4 is 58.9 Å². The first-order valence-electron chi connectivity index (χ1n) is 39.8. The second-order valence-electron chi connectivity index (χ2n) is 27.5. The van der Waals surface area contributed by atoms with Crippen LogP contribution in [0.4, 0.5) is 82.2 Å². The topological polar surface area (TPSA) is 461 Å². The molecule has 0 aliphatic carbocycles. The number of nitrogens with one attached hydrogen (secondary N) is 10. The minimum absolute atomic E-state index is 0. The summed E-state index contributed by atoms with van der Waals surface area (Å²) in [5, 5.41) is 37.8. The van der Waals surface area contributed by atoms with Crippen LogP contribution in [0, 0.1) is 34.9 Å². The van der Waals surface area contributed by atoms with Crippen LogP contribution >= 0.6 is 75.3 Å². The predicted octanol–water partition coefficient (Wildman–Crippen LogP) is 13.5. The molecular formula is C85H103Cl3F6N18O17S3. The highest BCUT2D eigenvalue weighted by atomic mass is 35.5. The molecule has 0 spiro atoms. The number of carbonyl (C=O) groups is 10. The average Bonchev–Trinajstić information content (AvgIpc) is 0.855. The largest absolute Gasteiger partial charge is 0.465 e. The number of urea groups is 5. The molecule has 0 aliphatic rings. The number of pyridine rings is 3. The number of anilines is 3. The molecule has 47 heteroatoms. The average molecular weight is 1970 g/mol. The van der Waals surface area contributed by atoms with Crippen molar-refractivity contribution in [3.05, 3.63) is 213 Å². The maximum atomic E-state index is 13.8. The van der Waals surface area contributed by atoms with Gasteiger partial charge < -0.3 is 86.4 Å². The van der Waals surface area contributed by atoms with E-state index in [4.69, 9.17) is 64.6 Å². The number of aromatic nitrogens is 3. The van der Waals surface area contributed by atoms with Gasteiger partial charge in [0.1, 0.15) is 85.3 Å². The highest BCUT2D eigenvalue weighted by Crippen LogP contribution is 2.26. The summed E-state index contributed by atoms with van der Waals surface area (Å²) in [6.45, 7) is 3.50. The lowest BCUT2D eigenvalue weighted by Crippen LogP contribution is -2.46. The predicted molar refractivity (Wildman–Crippen MR) is 500 cm³/mol. The minimum atomic E-state index is -0.852. The number of ether oxygens (including phenoxy) is 5. The van der Waals surface area contributed by atoms with Gasteiger partial charge in [0.25, 0.3) is 0 Å². The summed E-state index contributed by atoms with van der Waals surface area (Å²) < 4.78 is 107. The Morgan fingerprint density at radius 3 is 1.09 bits per heavy atom. The number of nitrogens with zero attached hydrogens (tertiary/aromatic N) is 7. The number of hydrogen-bond donors (Lipinski definition) is 12. The number of benzene rings is 6. The number of isocyanates is 1. The van der Waals surface area contributed by atoms with E-state index in [-0.39, 0.29) is 158 Å². The summed E-state index contributed by atoms with van der Waals surface area (Å²) in [6.07, 6.45) is 5.76. The molecule has 13 amide bonds. The van der Waals surface area contributed by atoms with E-state index in [2.05, 4.69) is 77.8 Å². The Morgan fingerprint density at radius 2 is 0.765 bits per heavy atom. The fourth-order valence-corrected chi connectivity index (χ4v) is 12.1. The van der Waals surface area contributed by atoms with E-state index < -0.39 is 113 Å². The van der Waals surface area contributed by atoms with Crippen molar-refractivity contribution in [3.63, 3.8) is 0 Å². The SMILES string of the molecule is CCOC(=O)CN=C=O.CCOC(=O)CNC(=O)NCCC[C@@H](COC(=O)Nc1cc2cc(F)ccc2cn1)N(C)C(=O)NCc1cccc(F)c1Cl.CN(C(=O)NCc1cccc(F)c1Cl)[C@@H](CCCN)COC(=O)Nc1cc2cc(F)ccc2cn1.CN(C(=O)NCc1cccc(F)c1Cl)[C@@H](CCCNC(=O)NCCO)COC(=O)Nc1cc2cc(F)ccc2cn1.S.S.S. The molecule has 3 atom stereocenters. The number of hydrogen-bond acceptors (Lipinski definition) is 22. The standard InChI is InChI=1S/C29H33ClF2N6O6.C27H31ClF2N6O5.C24H26ClF2N5O3.C5H7NO3.3H2S/c1-3-43-25(39)16-35-27(40)33-11-5-7-22(38(2)28(41)36-15-19-6-4-8-23(32)26(19)30)17-44-29(42)37-24-13-20-12-21(31)10-9-18(20)14-34-24;1-36(26(39)34-15-18-4-2-6-22(30)24(18)28)21(5-3-9-31-25(38)32-10-11-37)16-41-27(40)35-23-13-19-12-20(29)8-7-17(19)14-33-23;1-32(23(33)30-13-16-4-2-6-20(27)22(16)25)19(5-3-9-28)14-35-24(34)31-21-11-17-10-18(26)8-7-15(17)12-29-21;1-2-9-5(8)3-6-4-7;;;/h4,6,8-10,12-14,22H,3,5,7,11,15-17H2,1-2H3,(H,36,41)(H2,33,35,40)(H,34,37,42);2,4,6-8,12-14,21,37H,3,5,9-11,15-16H2,1H3,(H,34,39)(H2,31,32,38)(H,33,35,40);2,4,6-8,10-12,19H,3,5,9,13-14,28H2,1H3,(H,30,33)(H,29,31,34);2-3H2,1H3;3*1H2/t22-;21-;19-;;;;/m000..../s1. The highest BCUT2D eigenvalue weighted by Gasteiger charge is 2.27. The van der Waals surface area contributed by atoms with Crippen LogP contribution in [-0.4, -0.2) is 219 Å². The smallest absolute Gasteiger partial charge is 0.412 e. The molecule has 35 nitrogen and oxygen atoms in total. The van der Waals surface area contributed by atoms with Gasteiger partial charge in [-0.3, -0.25) is 25.5 Å². The number of amides is 13. The van der Waals surface area contributed by atoms with Crippen molar-refractivity contribution in [1.82, 2.24) is 66.9 Å². The van der Waals surface area contributed by atoms with E-state index >= 15 is 0 Å². The minimum Gasteiger partial charge on any atom is -0.465 e. The lowest BCUT2D eigenvalue weighted by atomic mass is 10.1. The summed E-state index contributed by atoms with van der Waals surface area (Å²) in [5.41, 5.74) is 6.81. The number of esters is 2. The Bertz CT molecular complexity index is 5360. The van der Waals surface area contributed by atoms with Crippen LogP contribution in [0.1, 0.15) is 69.1 Å². The number of aliphatic hydroxyl groups is 1. The molecule has 9 aromatic rings. The van der Waals surface area contributed by atoms with E-state index in [9.17, 15) is 79.1 Å². The van der Waals surface area contributed by atoms with Crippen molar-refractivity contribution in [1.29, 1.82) is 0 Å². The molecule has 0 aliphatic heterocycles. The number of aliphatic imine (C=N–C) groups is 1. The third-order valence-electron chi connectivity index (χ3n) is 18.4. The van der Waals surface area contributed by atoms with Gasteiger partial charge in [-0.2, -0.15) is 45.5 Å². The Morgan fingerprint density at radius 1 is 0.439 bits per heavy atom. The molecule has 132 heavy (non-hydrogen) atoms. The number of aliphatic hydroxyl groups excluding tert-OH is 1. The first-order chi connectivity index (χ1) is 61.8. The van der Waals surface area contributed by atoms with E-state index in [1.54, 1.807) is 57.3 Å². The van der Waals surface area contributed by atoms with E-state index in [1.165, 1.54) is 144 Å². The van der Waals surface area contributed by atoms with E-state index in [0.29, 0.717) is 95.3 Å². The van der Waals surface area contributed by atoms with Gasteiger partial charge >= 0.3 is 60.4 Å². The molecular weight excluding hydrogens is 1860 g/mol. The number of fused-ring (bicyclic) bond motifs is 3. The molecule has 0 fully saturated rings. The number of carbonyl (C=O) groups excluding carboxylic acids is 11. The van der Waals surface area contributed by atoms with Gasteiger partial charge in [0.05, 0.1) is 53.0 Å². The number of rotatable bonds is 37. The zero-order valence-corrected chi connectivity index (χ0v) is 77.3. The van der Waals surface area contributed by atoms with Crippen LogP contribution in [0.2, 0.25) is 15.1 Å². The van der Waals surface area contributed by atoms with Gasteiger partial charge in [-0.05, 0) is 183 Å². The second kappa shape index (κ2) is 61.2. The number of halogens is 9. The molecule has 13 N–H and O–H groups in total. The van der Waals surface area contributed by atoms with Gasteiger partial charge in [0.15, 0.2) is 0 Å². The van der Waals surface area contributed by atoms with Crippen LogP contribution in [0.25, 0.3) is 32.3 Å². The zero-order valence-electron chi connectivity index (χ0n) is 72.0. The summed E-state index contributed by atoms with van der Waals surface area (Å²) in [7, 11) is 4.56. The van der Waals surface area contributed by atoms with Crippen molar-refractivity contribution in [2.45, 2.75) is 90.1 Å². The first-order valence-corrected chi connectivity index (χ1v) is 40.9. The highest BCUT2D eigenvalue weighted by molar-refractivity contribution is 7.59. The van der Waals surface area contributed by atoms with Gasteiger partial charge in [0, 0.05) is 95.2 Å². The fraction of sp³-hybridized carbons (Fsp3) is 0.341. The second-order valence-corrected chi connectivity index (χ2v) is 28.6. The van der Waals surface area contributed by atoms with Crippen molar-refractivity contribution in [2.24, 2.45) is 10.7 Å². The van der Waals surface area contributed by atoms with Gasteiger partial charge in [-0.15, -0.1) is 0 Å². The van der Waals surface area contributed by atoms with Crippen LogP contribution in [0.15, 0.2) is 151 Å². The van der Waals surface area contributed by atoms with E-state index in [0.717, 1.165) is 5.39 Å². The van der Waals surface area contributed by atoms with Crippen molar-refractivity contribution >= 4 is 192 Å². The zero-order chi connectivity index (χ0) is 94.3. The quantitative estimate of drug-likeness (QED) is 0.00430. The number of likely N-dealkylation sites (N-methyl/N-ethyl adjacent to an activating group) is 3. The normalized spacial score (nSPS) is 10.9. The maximum Gasteiger partial charge on any atom is 0.412 e. The third kappa shape index (κ3) is 40.4. The fourth-order valence-electron chi connectivity index (χ4n) is 11.5. The Hall–Kier alpha value is -12.6. The molecule has 0 bridgehead atoms. The molecule has 0 saturated heterocycles. The van der Waals surface area contributed by atoms with Crippen LogP contribution in [-0.2, 0) is 57.7 Å². The monoisotopic (exact) mass is 1960 g/mol. The summed E-state index contributed by atoms with van der Waals surface area (Å²) in [6, 6.07) is 25.7. The molecule has 6 aromatic carbocycles. The van der Waals surface area contributed by atoms with Gasteiger partial charge in [-0.25, -0.2) is 84.4 Å². The summed E-state index contributed by atoms with van der Waals surface area (Å²) in [4.78, 5) is 150.